The molecule has 0 fully saturated rings. The van der Waals surface area contributed by atoms with Gasteiger partial charge in [0.2, 0.25) is 5.95 Å². The Bertz CT molecular complexity index is 389. The number of nitrogens with two attached hydrogens (primary N) is 2. The van der Waals surface area contributed by atoms with E-state index < -0.39 is 5.91 Å². The van der Waals surface area contributed by atoms with Crippen molar-refractivity contribution < 1.29 is 4.79 Å². The highest BCUT2D eigenvalue weighted by atomic mass is 16.1. The molecule has 0 saturated carbocycles. The summed E-state index contributed by atoms with van der Waals surface area (Å²) in [5.41, 5.74) is 12.8. The van der Waals surface area contributed by atoms with E-state index in [2.05, 4.69) is 9.97 Å². The summed E-state index contributed by atoms with van der Waals surface area (Å²) in [6, 6.07) is 0. The van der Waals surface area contributed by atoms with Crippen molar-refractivity contribution in [3.63, 3.8) is 0 Å². The van der Waals surface area contributed by atoms with Crippen LogP contribution in [0.15, 0.2) is 0 Å². The van der Waals surface area contributed by atoms with Crippen molar-refractivity contribution >= 4 is 11.9 Å². The molecule has 0 aliphatic heterocycles. The number of rotatable bonds is 1. The van der Waals surface area contributed by atoms with E-state index in [9.17, 15) is 4.79 Å². The normalized spacial score (nSPS) is 14.9. The topological polar surface area (TPSA) is 94.9 Å². The Morgan fingerprint density at radius 3 is 2.64 bits per heavy atom. The average molecular weight is 192 g/mol. The molecule has 74 valence electrons. The van der Waals surface area contributed by atoms with Crippen LogP contribution in [0.1, 0.15) is 34.6 Å². The van der Waals surface area contributed by atoms with Crippen LogP contribution in [0.2, 0.25) is 0 Å². The van der Waals surface area contributed by atoms with Crippen LogP contribution in [0, 0.1) is 0 Å². The number of carbonyl (C=O) groups excluding carboxylic acids is 1. The third kappa shape index (κ3) is 1.41. The molecule has 1 aromatic heterocycles. The van der Waals surface area contributed by atoms with Gasteiger partial charge < -0.3 is 11.5 Å². The van der Waals surface area contributed by atoms with Gasteiger partial charge in [-0.2, -0.15) is 0 Å². The molecule has 0 unspecified atom stereocenters. The number of nitrogens with zero attached hydrogens (tertiary/aromatic N) is 2. The molecule has 1 amide bonds. The Kier molecular flexibility index (Phi) is 2.07. The van der Waals surface area contributed by atoms with Crippen LogP contribution in [0.25, 0.3) is 0 Å². The Morgan fingerprint density at radius 2 is 1.93 bits per heavy atom. The zero-order chi connectivity index (χ0) is 10.1. The third-order valence-electron chi connectivity index (χ3n) is 2.43. The van der Waals surface area contributed by atoms with Crippen molar-refractivity contribution in [1.82, 2.24) is 9.97 Å². The fourth-order valence-corrected chi connectivity index (χ4v) is 1.82. The first-order valence-electron chi connectivity index (χ1n) is 4.63. The van der Waals surface area contributed by atoms with E-state index in [1.165, 1.54) is 0 Å². The minimum atomic E-state index is -0.516. The van der Waals surface area contributed by atoms with Gasteiger partial charge >= 0.3 is 0 Å². The van der Waals surface area contributed by atoms with Crippen LogP contribution in [-0.4, -0.2) is 15.9 Å². The Hall–Kier alpha value is -1.65. The Balaban J connectivity index is 2.58. The minimum absolute atomic E-state index is 0.138. The van der Waals surface area contributed by atoms with Crippen LogP contribution >= 0.6 is 0 Å². The van der Waals surface area contributed by atoms with Gasteiger partial charge in [0, 0.05) is 11.3 Å². The molecular weight excluding hydrogens is 180 g/mol. The molecule has 0 radical (unpaired) electrons. The molecule has 0 saturated heterocycles. The second kappa shape index (κ2) is 3.25. The number of carbonyl (C=O) groups is 1. The van der Waals surface area contributed by atoms with Gasteiger partial charge in [0.15, 0.2) is 0 Å². The number of fused-ring (bicyclic) bond motifs is 1. The molecule has 1 aliphatic carbocycles. The number of hydrogen-bond acceptors (Lipinski definition) is 4. The molecule has 0 bridgehead atoms. The predicted octanol–water partition coefficient (Wildman–Crippen LogP) is 0.0365. The first kappa shape index (κ1) is 8.93. The molecule has 5 heteroatoms. The van der Waals surface area contributed by atoms with Gasteiger partial charge in [-0.05, 0) is 25.7 Å². The molecule has 4 N–H and O–H groups in total. The van der Waals surface area contributed by atoms with Crippen molar-refractivity contribution in [2.24, 2.45) is 5.73 Å². The third-order valence-corrected chi connectivity index (χ3v) is 2.43. The molecule has 1 heterocycles. The molecule has 0 aromatic carbocycles. The fourth-order valence-electron chi connectivity index (χ4n) is 1.82. The average Bonchev–Trinajstić information content (AvgIpc) is 2.16. The summed E-state index contributed by atoms with van der Waals surface area (Å²) in [7, 11) is 0. The molecule has 0 spiro atoms. The molecular formula is C9H12N4O. The highest BCUT2D eigenvalue weighted by molar-refractivity contribution is 5.92. The molecule has 5 nitrogen and oxygen atoms in total. The van der Waals surface area contributed by atoms with Gasteiger partial charge in [0.1, 0.15) is 5.69 Å². The van der Waals surface area contributed by atoms with Crippen LogP contribution in [0.4, 0.5) is 5.95 Å². The van der Waals surface area contributed by atoms with E-state index in [0.29, 0.717) is 5.69 Å². The summed E-state index contributed by atoms with van der Waals surface area (Å²) in [6.07, 6.45) is 3.83. The van der Waals surface area contributed by atoms with Crippen LogP contribution in [0.5, 0.6) is 0 Å². The maximum Gasteiger partial charge on any atom is 0.267 e. The van der Waals surface area contributed by atoms with E-state index in [-0.39, 0.29) is 5.95 Å². The number of aryl methyl sites for hydroxylation is 1. The lowest BCUT2D eigenvalue weighted by atomic mass is 9.94. The maximum absolute atomic E-state index is 11.1. The number of nitrogen functional groups attached to an aromatic ring is 1. The number of primary amides is 1. The second-order valence-corrected chi connectivity index (χ2v) is 3.43. The summed E-state index contributed by atoms with van der Waals surface area (Å²) < 4.78 is 0. The SMILES string of the molecule is NC(=O)c1nc(N)nc2c1CCCC2. The van der Waals surface area contributed by atoms with E-state index in [0.717, 1.165) is 36.9 Å². The van der Waals surface area contributed by atoms with Crippen molar-refractivity contribution in [2.45, 2.75) is 25.7 Å². The van der Waals surface area contributed by atoms with E-state index in [1.807, 2.05) is 0 Å². The van der Waals surface area contributed by atoms with Crippen LogP contribution in [0.3, 0.4) is 0 Å². The highest BCUT2D eigenvalue weighted by Gasteiger charge is 2.19. The Morgan fingerprint density at radius 1 is 1.21 bits per heavy atom. The van der Waals surface area contributed by atoms with Gasteiger partial charge in [-0.15, -0.1) is 0 Å². The first-order valence-corrected chi connectivity index (χ1v) is 4.63. The summed E-state index contributed by atoms with van der Waals surface area (Å²) >= 11 is 0. The highest BCUT2D eigenvalue weighted by Crippen LogP contribution is 2.22. The number of hydrogen-bond donors (Lipinski definition) is 2. The summed E-state index contributed by atoms with van der Waals surface area (Å²) in [4.78, 5) is 19.1. The van der Waals surface area contributed by atoms with Crippen molar-refractivity contribution in [3.05, 3.63) is 17.0 Å². The number of amides is 1. The zero-order valence-corrected chi connectivity index (χ0v) is 7.79. The van der Waals surface area contributed by atoms with Crippen molar-refractivity contribution in [1.29, 1.82) is 0 Å². The maximum atomic E-state index is 11.1. The van der Waals surface area contributed by atoms with Gasteiger partial charge in [0.25, 0.3) is 5.91 Å². The summed E-state index contributed by atoms with van der Waals surface area (Å²) in [6.45, 7) is 0. The lowest BCUT2D eigenvalue weighted by Gasteiger charge is -2.16. The predicted molar refractivity (Wildman–Crippen MR) is 51.6 cm³/mol. The van der Waals surface area contributed by atoms with Crippen LogP contribution in [-0.2, 0) is 12.8 Å². The lowest BCUT2D eigenvalue weighted by molar-refractivity contribution is 0.0994. The summed E-state index contributed by atoms with van der Waals surface area (Å²) in [5, 5.41) is 0. The molecule has 2 rings (SSSR count). The van der Waals surface area contributed by atoms with E-state index >= 15 is 0 Å². The zero-order valence-electron chi connectivity index (χ0n) is 7.79. The quantitative estimate of drug-likeness (QED) is 0.656. The lowest BCUT2D eigenvalue weighted by Crippen LogP contribution is -2.21. The largest absolute Gasteiger partial charge is 0.368 e. The molecule has 1 aromatic rings. The fraction of sp³-hybridized carbons (Fsp3) is 0.444. The molecule has 1 aliphatic rings. The number of aromatic nitrogens is 2. The molecule has 14 heavy (non-hydrogen) atoms. The number of anilines is 1. The monoisotopic (exact) mass is 192 g/mol. The van der Waals surface area contributed by atoms with Crippen molar-refractivity contribution in [3.8, 4) is 0 Å². The van der Waals surface area contributed by atoms with Crippen molar-refractivity contribution in [2.75, 3.05) is 5.73 Å². The van der Waals surface area contributed by atoms with E-state index in [4.69, 9.17) is 11.5 Å². The van der Waals surface area contributed by atoms with Gasteiger partial charge in [-0.3, -0.25) is 4.79 Å². The second-order valence-electron chi connectivity index (χ2n) is 3.43. The van der Waals surface area contributed by atoms with Gasteiger partial charge in [0.05, 0.1) is 0 Å². The molecule has 0 atom stereocenters. The standard InChI is InChI=1S/C9H12N4O/c10-8(14)7-5-3-1-2-4-6(5)12-9(11)13-7/h1-4H2,(H2,10,14)(H2,11,12,13). The van der Waals surface area contributed by atoms with Gasteiger partial charge in [-0.25, -0.2) is 9.97 Å². The smallest absolute Gasteiger partial charge is 0.267 e. The van der Waals surface area contributed by atoms with Gasteiger partial charge in [-0.1, -0.05) is 0 Å². The van der Waals surface area contributed by atoms with Crippen LogP contribution < -0.4 is 11.5 Å². The minimum Gasteiger partial charge on any atom is -0.368 e. The summed E-state index contributed by atoms with van der Waals surface area (Å²) in [5.74, 6) is -0.378. The first-order chi connectivity index (χ1) is 6.68. The van der Waals surface area contributed by atoms with E-state index in [1.54, 1.807) is 0 Å². The Labute approximate surface area is 81.5 Å².